The van der Waals surface area contributed by atoms with Crippen LogP contribution in [0.15, 0.2) is 18.5 Å². The third-order valence-electron chi connectivity index (χ3n) is 6.00. The average molecular weight is 589 g/mol. The fourth-order valence-corrected chi connectivity index (χ4v) is 4.50. The highest BCUT2D eigenvalue weighted by atomic mass is 31.2. The maximum Gasteiger partial charge on any atom is 0.480 e. The van der Waals surface area contributed by atoms with E-state index in [1.807, 2.05) is 0 Å². The number of aliphatic hydroxyl groups excluding tert-OH is 1. The van der Waals surface area contributed by atoms with Crippen molar-refractivity contribution >= 4 is 31.1 Å². The first-order valence-electron chi connectivity index (χ1n) is 12.4. The fraction of sp³-hybridized carbons (Fsp3) is 0.667. The molecular weight excluding hydrogens is 551 g/mol. The number of phosphoric acid groups is 1. The number of carbonyl (C=O) groups is 2. The molecule has 4 atom stereocenters. The van der Waals surface area contributed by atoms with Gasteiger partial charge in [0.05, 0.1) is 23.1 Å². The molecule has 1 fully saturated rings. The minimum Gasteiger partial charge on any atom is -0.437 e. The van der Waals surface area contributed by atoms with Gasteiger partial charge in [-0.05, 0) is 60.6 Å². The maximum absolute atomic E-state index is 13.3. The van der Waals surface area contributed by atoms with E-state index in [-0.39, 0.29) is 5.82 Å². The van der Waals surface area contributed by atoms with E-state index in [9.17, 15) is 24.4 Å². The Hall–Kier alpha value is -2.65. The molecule has 2 aromatic heterocycles. The first-order chi connectivity index (χ1) is 18.4. The van der Waals surface area contributed by atoms with Gasteiger partial charge in [-0.2, -0.15) is 5.10 Å². The quantitative estimate of drug-likeness (QED) is 0.207. The van der Waals surface area contributed by atoms with E-state index < -0.39 is 74.7 Å². The van der Waals surface area contributed by atoms with Crippen molar-refractivity contribution in [1.29, 1.82) is 0 Å². The molecule has 2 aromatic rings. The molecule has 15 nitrogen and oxygen atoms in total. The Bertz CT molecular complexity index is 1230. The second-order valence-electron chi connectivity index (χ2n) is 11.5. The number of esters is 2. The molecule has 1 saturated heterocycles. The number of fused-ring (bicyclic) bond motifs is 1. The molecule has 0 radical (unpaired) electrons. The molecule has 0 saturated carbocycles. The van der Waals surface area contributed by atoms with Crippen molar-refractivity contribution in [2.24, 2.45) is 10.8 Å². The number of nitrogens with zero attached hydrogens (tertiary/aromatic N) is 3. The van der Waals surface area contributed by atoms with Gasteiger partial charge in [0.2, 0.25) is 13.6 Å². The maximum atomic E-state index is 13.3. The van der Waals surface area contributed by atoms with Crippen LogP contribution < -0.4 is 5.73 Å². The van der Waals surface area contributed by atoms with E-state index in [0.717, 1.165) is 0 Å². The lowest BCUT2D eigenvalue weighted by Crippen LogP contribution is -2.43. The predicted octanol–water partition coefficient (Wildman–Crippen LogP) is 2.11. The van der Waals surface area contributed by atoms with Crippen LogP contribution in [0.5, 0.6) is 0 Å². The van der Waals surface area contributed by atoms with E-state index in [2.05, 4.69) is 10.1 Å². The zero-order valence-corrected chi connectivity index (χ0v) is 24.4. The molecule has 4 N–H and O–H groups in total. The number of nitrogen functional groups attached to an aromatic ring is 1. The van der Waals surface area contributed by atoms with Crippen LogP contribution in [0.2, 0.25) is 0 Å². The van der Waals surface area contributed by atoms with Gasteiger partial charge in [-0.25, -0.2) is 23.1 Å². The zero-order chi connectivity index (χ0) is 30.1. The summed E-state index contributed by atoms with van der Waals surface area (Å²) >= 11 is 0. The molecule has 1 aliphatic heterocycles. The summed E-state index contributed by atoms with van der Waals surface area (Å²) in [6.45, 7) is 8.86. The fourth-order valence-electron chi connectivity index (χ4n) is 3.59. The third-order valence-corrected chi connectivity index (χ3v) is 7.30. The highest BCUT2D eigenvalue weighted by Gasteiger charge is 2.54. The first kappa shape index (κ1) is 31.9. The van der Waals surface area contributed by atoms with Crippen molar-refractivity contribution in [2.45, 2.75) is 72.4 Å². The van der Waals surface area contributed by atoms with Crippen molar-refractivity contribution in [3.63, 3.8) is 0 Å². The number of anilines is 1. The Morgan fingerprint density at radius 1 is 1.07 bits per heavy atom. The van der Waals surface area contributed by atoms with Crippen LogP contribution >= 0.6 is 7.82 Å². The van der Waals surface area contributed by atoms with Crippen LogP contribution in [-0.4, -0.2) is 74.8 Å². The largest absolute Gasteiger partial charge is 0.480 e. The monoisotopic (exact) mass is 588 g/mol. The smallest absolute Gasteiger partial charge is 0.437 e. The van der Waals surface area contributed by atoms with E-state index >= 15 is 0 Å². The van der Waals surface area contributed by atoms with Crippen LogP contribution in [0.25, 0.3) is 5.52 Å². The van der Waals surface area contributed by atoms with Crippen LogP contribution in [0.4, 0.5) is 5.82 Å². The summed E-state index contributed by atoms with van der Waals surface area (Å²) in [5.41, 5.74) is 3.16. The molecule has 3 heterocycles. The van der Waals surface area contributed by atoms with Gasteiger partial charge in [-0.1, -0.05) is 0 Å². The molecule has 0 bridgehead atoms. The van der Waals surface area contributed by atoms with Gasteiger partial charge in [0.25, 0.3) is 0 Å². The molecule has 0 unspecified atom stereocenters. The molecular formula is C24H37N4O11P. The first-order valence-corrected chi connectivity index (χ1v) is 13.8. The van der Waals surface area contributed by atoms with Gasteiger partial charge < -0.3 is 30.2 Å². The predicted molar refractivity (Wildman–Crippen MR) is 138 cm³/mol. The molecule has 0 aromatic carbocycles. The lowest BCUT2D eigenvalue weighted by molar-refractivity contribution is -0.163. The Labute approximate surface area is 231 Å². The second kappa shape index (κ2) is 11.7. The SMILES string of the molecule is CC(C)(C)C(=O)OCOP(=O)(OCOC(=O)C(C)(C)C)OC[C@H]1O[C@@H](c2ccc3c(N)ncnn23)[C@](C)(O)[C@@H]1O. The number of hydrogen-bond donors (Lipinski definition) is 3. The highest BCUT2D eigenvalue weighted by molar-refractivity contribution is 7.48. The van der Waals surface area contributed by atoms with E-state index in [1.165, 1.54) is 17.8 Å². The second-order valence-corrected chi connectivity index (χ2v) is 13.2. The Morgan fingerprint density at radius 3 is 2.15 bits per heavy atom. The zero-order valence-electron chi connectivity index (χ0n) is 23.5. The molecule has 1 aliphatic rings. The topological polar surface area (TPSA) is 203 Å². The van der Waals surface area contributed by atoms with Gasteiger partial charge in [-0.15, -0.1) is 0 Å². The molecule has 40 heavy (non-hydrogen) atoms. The van der Waals surface area contributed by atoms with Crippen LogP contribution in [-0.2, 0) is 41.9 Å². The highest BCUT2D eigenvalue weighted by Crippen LogP contribution is 2.51. The number of carbonyl (C=O) groups excluding carboxylic acids is 2. The molecule has 0 spiro atoms. The minimum absolute atomic E-state index is 0.203. The number of hydrogen-bond acceptors (Lipinski definition) is 14. The normalized spacial score (nSPS) is 23.9. The lowest BCUT2D eigenvalue weighted by Gasteiger charge is -2.26. The summed E-state index contributed by atoms with van der Waals surface area (Å²) in [4.78, 5) is 28.1. The summed E-state index contributed by atoms with van der Waals surface area (Å²) < 4.78 is 46.2. The third kappa shape index (κ3) is 7.16. The van der Waals surface area contributed by atoms with E-state index in [1.54, 1.807) is 53.7 Å². The number of ether oxygens (including phenoxy) is 3. The van der Waals surface area contributed by atoms with Crippen molar-refractivity contribution < 1.29 is 52.1 Å². The number of aromatic nitrogens is 3. The van der Waals surface area contributed by atoms with Gasteiger partial charge in [-0.3, -0.25) is 14.1 Å². The standard InChI is InChI=1S/C24H37N4O11P/c1-22(2,3)20(30)34-12-37-40(33,38-13-35-21(31)23(4,5)6)36-10-16-17(29)24(7,32)18(39-16)14-8-9-15-19(25)26-11-27-28(14)15/h8-9,11,16-18,29,32H,10,12-13H2,1-7H3,(H2,25,26,27)/t16-,17-,18+,24-/m1/s1. The van der Waals surface area contributed by atoms with Crippen molar-refractivity contribution in [3.05, 3.63) is 24.2 Å². The van der Waals surface area contributed by atoms with Gasteiger partial charge in [0, 0.05) is 0 Å². The van der Waals surface area contributed by atoms with Crippen LogP contribution in [0.3, 0.4) is 0 Å². The van der Waals surface area contributed by atoms with Crippen LogP contribution in [0.1, 0.15) is 60.3 Å². The van der Waals surface area contributed by atoms with Gasteiger partial charge >= 0.3 is 19.8 Å². The summed E-state index contributed by atoms with van der Waals surface area (Å²) in [6.07, 6.45) is -2.61. The Balaban J connectivity index is 1.73. The summed E-state index contributed by atoms with van der Waals surface area (Å²) in [7, 11) is -4.55. The average Bonchev–Trinajstić information content (AvgIpc) is 3.36. The van der Waals surface area contributed by atoms with E-state index in [4.69, 9.17) is 33.5 Å². The molecule has 0 amide bonds. The molecule has 224 valence electrons. The van der Waals surface area contributed by atoms with Crippen LogP contribution in [0, 0.1) is 10.8 Å². The van der Waals surface area contributed by atoms with Crippen molar-refractivity contribution in [2.75, 3.05) is 25.9 Å². The van der Waals surface area contributed by atoms with Gasteiger partial charge in [0.15, 0.2) is 5.82 Å². The number of nitrogens with two attached hydrogens (primary N) is 1. The minimum atomic E-state index is -4.55. The van der Waals surface area contributed by atoms with Crippen molar-refractivity contribution in [3.8, 4) is 0 Å². The summed E-state index contributed by atoms with van der Waals surface area (Å²) in [5, 5.41) is 26.1. The molecule has 3 rings (SSSR count). The van der Waals surface area contributed by atoms with Crippen molar-refractivity contribution in [1.82, 2.24) is 14.6 Å². The lowest BCUT2D eigenvalue weighted by atomic mass is 9.91. The molecule has 0 aliphatic carbocycles. The summed E-state index contributed by atoms with van der Waals surface area (Å²) in [6, 6.07) is 3.24. The number of phosphoric ester groups is 1. The Kier molecular flexibility index (Phi) is 9.31. The number of rotatable bonds is 10. The summed E-state index contributed by atoms with van der Waals surface area (Å²) in [5.74, 6) is -1.08. The number of aliphatic hydroxyl groups is 2. The van der Waals surface area contributed by atoms with E-state index in [0.29, 0.717) is 11.2 Å². The van der Waals surface area contributed by atoms with Gasteiger partial charge in [0.1, 0.15) is 35.8 Å². The Morgan fingerprint density at radius 2 is 1.62 bits per heavy atom. The molecule has 16 heteroatoms.